The molecule has 0 saturated carbocycles. The van der Waals surface area contributed by atoms with Gasteiger partial charge in [-0.3, -0.25) is 14.9 Å². The number of nitrogens with one attached hydrogen (secondary N) is 1. The summed E-state index contributed by atoms with van der Waals surface area (Å²) in [7, 11) is 0. The van der Waals surface area contributed by atoms with Crippen molar-refractivity contribution in [2.24, 2.45) is 0 Å². The number of anilines is 1. The first kappa shape index (κ1) is 21.7. The van der Waals surface area contributed by atoms with E-state index in [1.807, 2.05) is 50.2 Å². The van der Waals surface area contributed by atoms with Crippen LogP contribution in [-0.2, 0) is 4.79 Å². The quantitative estimate of drug-likeness (QED) is 0.246. The molecule has 1 unspecified atom stereocenters. The number of benzene rings is 2. The van der Waals surface area contributed by atoms with Crippen LogP contribution in [0.1, 0.15) is 22.2 Å². The number of nitro groups is 1. The second-order valence-corrected chi connectivity index (χ2v) is 8.45. The van der Waals surface area contributed by atoms with E-state index in [4.69, 9.17) is 11.6 Å². The molecule has 0 spiro atoms. The summed E-state index contributed by atoms with van der Waals surface area (Å²) in [6.45, 7) is 3.78. The molecule has 0 saturated heterocycles. The lowest BCUT2D eigenvalue weighted by atomic mass is 10.1. The first-order valence-electron chi connectivity index (χ1n) is 9.49. The number of aromatic nitrogens is 4. The molecule has 0 aliphatic rings. The third-order valence-electron chi connectivity index (χ3n) is 4.57. The number of amides is 1. The number of halogens is 1. The number of nitrogens with zero attached hydrogens (tertiary/aromatic N) is 5. The van der Waals surface area contributed by atoms with Crippen LogP contribution in [0.25, 0.3) is 5.78 Å². The third kappa shape index (κ3) is 4.56. The van der Waals surface area contributed by atoms with Gasteiger partial charge in [-0.05, 0) is 37.6 Å². The molecule has 4 aromatic rings. The van der Waals surface area contributed by atoms with Gasteiger partial charge in [-0.25, -0.2) is 9.50 Å². The van der Waals surface area contributed by atoms with Gasteiger partial charge in [0.1, 0.15) is 10.3 Å². The predicted octanol–water partition coefficient (Wildman–Crippen LogP) is 4.77. The Morgan fingerprint density at radius 3 is 2.62 bits per heavy atom. The van der Waals surface area contributed by atoms with Gasteiger partial charge >= 0.3 is 0 Å². The van der Waals surface area contributed by atoms with E-state index in [9.17, 15) is 14.9 Å². The molecule has 2 aromatic heterocycles. The summed E-state index contributed by atoms with van der Waals surface area (Å²) in [6, 6.07) is 15.2. The summed E-state index contributed by atoms with van der Waals surface area (Å²) in [5.41, 5.74) is 2.41. The minimum absolute atomic E-state index is 0.00551. The molecule has 0 bridgehead atoms. The summed E-state index contributed by atoms with van der Waals surface area (Å²) in [5, 5.41) is 18.1. The van der Waals surface area contributed by atoms with Gasteiger partial charge in [0, 0.05) is 23.1 Å². The molecule has 9 nitrogen and oxygen atoms in total. The van der Waals surface area contributed by atoms with Crippen molar-refractivity contribution in [3.8, 4) is 0 Å². The lowest BCUT2D eigenvalue weighted by molar-refractivity contribution is -0.384. The first-order valence-corrected chi connectivity index (χ1v) is 10.7. The summed E-state index contributed by atoms with van der Waals surface area (Å²) in [6.07, 6.45) is 0. The van der Waals surface area contributed by atoms with Gasteiger partial charge in [-0.15, -0.1) is 5.10 Å². The van der Waals surface area contributed by atoms with Crippen LogP contribution < -0.4 is 5.32 Å². The van der Waals surface area contributed by atoms with Gasteiger partial charge in [0.2, 0.25) is 11.1 Å². The van der Waals surface area contributed by atoms with Crippen LogP contribution in [0.4, 0.5) is 11.4 Å². The Morgan fingerprint density at radius 1 is 1.16 bits per heavy atom. The van der Waals surface area contributed by atoms with Crippen molar-refractivity contribution in [2.75, 3.05) is 5.32 Å². The number of carbonyl (C=O) groups is 1. The standard InChI is InChI=1S/C21H17ClN6O3S/c1-12-10-13(2)27-20(23-12)25-21(26-27)32-18(14-6-4-3-5-7-14)19(29)24-15-8-9-16(22)17(11-15)28(30)31/h3-11,18H,1-2H3,(H,24,29). The lowest BCUT2D eigenvalue weighted by Crippen LogP contribution is -2.19. The van der Waals surface area contributed by atoms with Crippen LogP contribution in [0, 0.1) is 24.0 Å². The summed E-state index contributed by atoms with van der Waals surface area (Å²) < 4.78 is 1.62. The Balaban J connectivity index is 1.66. The Labute approximate surface area is 192 Å². The Bertz CT molecular complexity index is 1330. The second-order valence-electron chi connectivity index (χ2n) is 6.97. The highest BCUT2D eigenvalue weighted by atomic mass is 35.5. The molecule has 0 radical (unpaired) electrons. The number of rotatable bonds is 6. The minimum atomic E-state index is -0.704. The summed E-state index contributed by atoms with van der Waals surface area (Å²) in [4.78, 5) is 32.6. The van der Waals surface area contributed by atoms with Crippen LogP contribution in [0.3, 0.4) is 0 Å². The number of carbonyl (C=O) groups excluding carboxylic acids is 1. The van der Waals surface area contributed by atoms with Crippen LogP contribution in [-0.4, -0.2) is 30.4 Å². The van der Waals surface area contributed by atoms with Crippen molar-refractivity contribution in [1.82, 2.24) is 19.6 Å². The smallest absolute Gasteiger partial charge is 0.289 e. The van der Waals surface area contributed by atoms with E-state index in [1.54, 1.807) is 4.52 Å². The van der Waals surface area contributed by atoms with Gasteiger partial charge in [0.25, 0.3) is 11.5 Å². The SMILES string of the molecule is Cc1cc(C)n2nc(SC(C(=O)Nc3ccc(Cl)c([N+](=O)[O-])c3)c3ccccc3)nc2n1. The minimum Gasteiger partial charge on any atom is -0.325 e. The molecule has 4 rings (SSSR count). The summed E-state index contributed by atoms with van der Waals surface area (Å²) >= 11 is 7.04. The Kier molecular flexibility index (Phi) is 6.06. The predicted molar refractivity (Wildman–Crippen MR) is 122 cm³/mol. The highest BCUT2D eigenvalue weighted by molar-refractivity contribution is 8.00. The van der Waals surface area contributed by atoms with E-state index in [0.717, 1.165) is 17.0 Å². The van der Waals surface area contributed by atoms with E-state index in [0.29, 0.717) is 10.9 Å². The molecule has 0 aliphatic heterocycles. The average molecular weight is 469 g/mol. The van der Waals surface area contributed by atoms with E-state index < -0.39 is 10.2 Å². The lowest BCUT2D eigenvalue weighted by Gasteiger charge is -2.15. The fourth-order valence-electron chi connectivity index (χ4n) is 3.14. The monoisotopic (exact) mass is 468 g/mol. The maximum atomic E-state index is 13.2. The van der Waals surface area contributed by atoms with Gasteiger partial charge in [0.05, 0.1) is 4.92 Å². The van der Waals surface area contributed by atoms with Gasteiger partial charge in [-0.2, -0.15) is 4.98 Å². The zero-order chi connectivity index (χ0) is 22.8. The molecular formula is C21H17ClN6O3S. The van der Waals surface area contributed by atoms with Gasteiger partial charge in [0.15, 0.2) is 0 Å². The zero-order valence-electron chi connectivity index (χ0n) is 17.0. The largest absolute Gasteiger partial charge is 0.325 e. The molecule has 1 N–H and O–H groups in total. The number of aryl methyl sites for hydroxylation is 2. The van der Waals surface area contributed by atoms with Crippen molar-refractivity contribution < 1.29 is 9.72 Å². The normalized spacial score (nSPS) is 12.0. The highest BCUT2D eigenvalue weighted by Crippen LogP contribution is 2.35. The van der Waals surface area contributed by atoms with E-state index >= 15 is 0 Å². The molecule has 1 atom stereocenters. The molecule has 11 heteroatoms. The van der Waals surface area contributed by atoms with Crippen molar-refractivity contribution in [1.29, 1.82) is 0 Å². The van der Waals surface area contributed by atoms with Crippen LogP contribution in [0.15, 0.2) is 59.8 Å². The molecule has 0 fully saturated rings. The molecule has 32 heavy (non-hydrogen) atoms. The Morgan fingerprint density at radius 2 is 1.91 bits per heavy atom. The van der Waals surface area contributed by atoms with Crippen molar-refractivity contribution in [3.63, 3.8) is 0 Å². The van der Waals surface area contributed by atoms with Crippen molar-refractivity contribution >= 4 is 46.4 Å². The van der Waals surface area contributed by atoms with Crippen molar-refractivity contribution in [2.45, 2.75) is 24.3 Å². The van der Waals surface area contributed by atoms with E-state index in [-0.39, 0.29) is 22.3 Å². The fourth-order valence-corrected chi connectivity index (χ4v) is 4.26. The van der Waals surface area contributed by atoms with E-state index in [1.165, 1.54) is 30.0 Å². The molecular weight excluding hydrogens is 452 g/mol. The Hall–Kier alpha value is -3.50. The zero-order valence-corrected chi connectivity index (χ0v) is 18.6. The van der Waals surface area contributed by atoms with Gasteiger partial charge < -0.3 is 5.32 Å². The number of thioether (sulfide) groups is 1. The van der Waals surface area contributed by atoms with Crippen molar-refractivity contribution in [3.05, 3.63) is 86.7 Å². The molecule has 0 aliphatic carbocycles. The van der Waals surface area contributed by atoms with Crippen LogP contribution in [0.5, 0.6) is 0 Å². The first-order chi connectivity index (χ1) is 15.3. The number of hydrogen-bond donors (Lipinski definition) is 1. The average Bonchev–Trinajstić information content (AvgIpc) is 3.16. The number of fused-ring (bicyclic) bond motifs is 1. The molecule has 1 amide bonds. The molecule has 2 heterocycles. The molecule has 162 valence electrons. The van der Waals surface area contributed by atoms with Gasteiger partial charge in [-0.1, -0.05) is 53.7 Å². The third-order valence-corrected chi connectivity index (χ3v) is 6.00. The summed E-state index contributed by atoms with van der Waals surface area (Å²) in [5.74, 6) is 0.0723. The van der Waals surface area contributed by atoms with Crippen LogP contribution in [0.2, 0.25) is 5.02 Å². The maximum absolute atomic E-state index is 13.2. The van der Waals surface area contributed by atoms with E-state index in [2.05, 4.69) is 20.4 Å². The maximum Gasteiger partial charge on any atom is 0.289 e. The second kappa shape index (κ2) is 8.93. The topological polar surface area (TPSA) is 115 Å². The fraction of sp³-hybridized carbons (Fsp3) is 0.143. The molecule has 2 aromatic carbocycles. The number of hydrogen-bond acceptors (Lipinski definition) is 7. The highest BCUT2D eigenvalue weighted by Gasteiger charge is 2.25. The number of nitro benzene ring substituents is 1. The van der Waals surface area contributed by atoms with Crippen LogP contribution >= 0.6 is 23.4 Å².